The van der Waals surface area contributed by atoms with Gasteiger partial charge in [-0.2, -0.15) is 0 Å². The maximum atomic E-state index is 2.47. The van der Waals surface area contributed by atoms with E-state index in [1.165, 1.54) is 57.8 Å². The average Bonchev–Trinajstić information content (AvgIpc) is 2.20. The maximum Gasteiger partial charge on any atom is 0.105 e. The summed E-state index contributed by atoms with van der Waals surface area (Å²) in [6, 6.07) is 0. The normalized spacial score (nSPS) is 27.1. The quantitative estimate of drug-likeness (QED) is 0.453. The molecule has 15 heavy (non-hydrogen) atoms. The Morgan fingerprint density at radius 1 is 1.07 bits per heavy atom. The summed E-state index contributed by atoms with van der Waals surface area (Å²) in [6.07, 6.45) is 13.4. The molecule has 0 bridgehead atoms. The summed E-state index contributed by atoms with van der Waals surface area (Å²) in [4.78, 5) is 0. The predicted molar refractivity (Wildman–Crippen MR) is 72.2 cm³/mol. The van der Waals surface area contributed by atoms with Crippen LogP contribution in [0.4, 0.5) is 0 Å². The van der Waals surface area contributed by atoms with Crippen LogP contribution in [0.2, 0.25) is 5.82 Å². The van der Waals surface area contributed by atoms with E-state index in [0.717, 1.165) is 17.7 Å². The zero-order valence-corrected chi connectivity index (χ0v) is 11.1. The van der Waals surface area contributed by atoms with Crippen molar-refractivity contribution in [2.24, 2.45) is 11.8 Å². The molecule has 0 aromatic carbocycles. The molecule has 1 fully saturated rings. The Kier molecular flexibility index (Phi) is 6.44. The summed E-state index contributed by atoms with van der Waals surface area (Å²) in [7, 11) is 2.47. The van der Waals surface area contributed by atoms with Crippen molar-refractivity contribution in [2.45, 2.75) is 77.5 Å². The predicted octanol–water partition coefficient (Wildman–Crippen LogP) is 4.20. The number of rotatable bonds is 6. The van der Waals surface area contributed by atoms with E-state index in [4.69, 9.17) is 0 Å². The van der Waals surface area contributed by atoms with Crippen molar-refractivity contribution in [1.29, 1.82) is 0 Å². The van der Waals surface area contributed by atoms with Crippen LogP contribution in [0.25, 0.3) is 0 Å². The van der Waals surface area contributed by atoms with Gasteiger partial charge in [0, 0.05) is 0 Å². The first-order chi connectivity index (χ1) is 7.20. The van der Waals surface area contributed by atoms with Gasteiger partial charge in [0.15, 0.2) is 0 Å². The van der Waals surface area contributed by atoms with E-state index < -0.39 is 0 Å². The smallest absolute Gasteiger partial charge is 0.0669 e. The molecule has 0 aromatic rings. The molecule has 0 radical (unpaired) electrons. The van der Waals surface area contributed by atoms with Gasteiger partial charge in [0.1, 0.15) is 7.85 Å². The molecule has 1 aliphatic rings. The molecule has 1 aliphatic carbocycles. The SMILES string of the molecule is B[C@H]1CCCCC1CCCCCC(C)C. The minimum absolute atomic E-state index is 0.901. The molecule has 0 aliphatic heterocycles. The standard InChI is InChI=1S/C14H29B/c1-12(2)8-4-3-5-9-13-10-6-7-11-14(13)15/h12-14H,3-11,15H2,1-2H3/t13?,14-/m0/s1. The van der Waals surface area contributed by atoms with E-state index in [1.807, 2.05) is 0 Å². The third kappa shape index (κ3) is 5.63. The fourth-order valence-corrected chi connectivity index (χ4v) is 2.96. The minimum Gasteiger partial charge on any atom is -0.0669 e. The topological polar surface area (TPSA) is 0 Å². The van der Waals surface area contributed by atoms with Crippen LogP contribution in [0, 0.1) is 11.8 Å². The monoisotopic (exact) mass is 208 g/mol. The number of hydrogen-bond donors (Lipinski definition) is 0. The van der Waals surface area contributed by atoms with Gasteiger partial charge in [-0.05, 0) is 11.8 Å². The van der Waals surface area contributed by atoms with Crippen LogP contribution < -0.4 is 0 Å². The molecule has 1 unspecified atom stereocenters. The van der Waals surface area contributed by atoms with Crippen molar-refractivity contribution in [2.75, 3.05) is 0 Å². The maximum absolute atomic E-state index is 2.47. The second-order valence-electron chi connectivity index (χ2n) is 6.05. The summed E-state index contributed by atoms with van der Waals surface area (Å²) in [5, 5.41) is 0. The third-order valence-electron chi connectivity index (χ3n) is 4.15. The molecule has 0 aromatic heterocycles. The molecule has 0 saturated heterocycles. The van der Waals surface area contributed by atoms with Crippen molar-refractivity contribution >= 4 is 7.85 Å². The Labute approximate surface area is 97.6 Å². The first-order valence-electron chi connectivity index (χ1n) is 7.20. The highest BCUT2D eigenvalue weighted by atomic mass is 14.2. The fourth-order valence-electron chi connectivity index (χ4n) is 2.96. The third-order valence-corrected chi connectivity index (χ3v) is 4.15. The van der Waals surface area contributed by atoms with Gasteiger partial charge in [0.25, 0.3) is 0 Å². The van der Waals surface area contributed by atoms with Gasteiger partial charge in [-0.25, -0.2) is 0 Å². The van der Waals surface area contributed by atoms with Crippen LogP contribution in [-0.2, 0) is 0 Å². The molecule has 0 spiro atoms. The van der Waals surface area contributed by atoms with Crippen molar-refractivity contribution in [3.8, 4) is 0 Å². The van der Waals surface area contributed by atoms with Crippen molar-refractivity contribution < 1.29 is 0 Å². The summed E-state index contributed by atoms with van der Waals surface area (Å²) < 4.78 is 0. The Morgan fingerprint density at radius 2 is 1.80 bits per heavy atom. The molecule has 88 valence electrons. The first-order valence-corrected chi connectivity index (χ1v) is 7.20. The summed E-state index contributed by atoms with van der Waals surface area (Å²) in [6.45, 7) is 4.67. The van der Waals surface area contributed by atoms with E-state index in [0.29, 0.717) is 0 Å². The molecule has 0 N–H and O–H groups in total. The molecule has 2 atom stereocenters. The minimum atomic E-state index is 0.901. The number of hydrogen-bond acceptors (Lipinski definition) is 0. The summed E-state index contributed by atoms with van der Waals surface area (Å²) >= 11 is 0. The molecule has 1 rings (SSSR count). The summed E-state index contributed by atoms with van der Waals surface area (Å²) in [5.41, 5.74) is 0. The Hall–Kier alpha value is 0.0649. The van der Waals surface area contributed by atoms with E-state index in [-0.39, 0.29) is 0 Å². The van der Waals surface area contributed by atoms with Gasteiger partial charge in [-0.1, -0.05) is 77.5 Å². The fraction of sp³-hybridized carbons (Fsp3) is 1.00. The van der Waals surface area contributed by atoms with Gasteiger partial charge in [-0.15, -0.1) is 0 Å². The average molecular weight is 208 g/mol. The molecular formula is C14H29B. The summed E-state index contributed by atoms with van der Waals surface area (Å²) in [5.74, 6) is 2.99. The zero-order chi connectivity index (χ0) is 11.1. The first kappa shape index (κ1) is 13.1. The molecule has 0 nitrogen and oxygen atoms in total. The molecule has 0 heterocycles. The molecule has 0 amide bonds. The van der Waals surface area contributed by atoms with Crippen LogP contribution in [0.3, 0.4) is 0 Å². The second kappa shape index (κ2) is 7.36. The lowest BCUT2D eigenvalue weighted by atomic mass is 9.66. The van der Waals surface area contributed by atoms with Crippen molar-refractivity contribution in [3.63, 3.8) is 0 Å². The van der Waals surface area contributed by atoms with Gasteiger partial charge in [0.2, 0.25) is 0 Å². The number of unbranched alkanes of at least 4 members (excludes halogenated alkanes) is 2. The largest absolute Gasteiger partial charge is 0.105 e. The highest BCUT2D eigenvalue weighted by Crippen LogP contribution is 2.35. The van der Waals surface area contributed by atoms with E-state index >= 15 is 0 Å². The molecule has 1 heteroatoms. The highest BCUT2D eigenvalue weighted by Gasteiger charge is 2.20. The van der Waals surface area contributed by atoms with Crippen molar-refractivity contribution in [3.05, 3.63) is 0 Å². The molecular weight excluding hydrogens is 179 g/mol. The Balaban J connectivity index is 1.99. The van der Waals surface area contributed by atoms with E-state index in [2.05, 4.69) is 21.7 Å². The van der Waals surface area contributed by atoms with Crippen LogP contribution >= 0.6 is 0 Å². The Bertz CT molecular complexity index is 153. The second-order valence-corrected chi connectivity index (χ2v) is 6.05. The Morgan fingerprint density at radius 3 is 2.47 bits per heavy atom. The van der Waals surface area contributed by atoms with Gasteiger partial charge in [-0.3, -0.25) is 0 Å². The van der Waals surface area contributed by atoms with Crippen LogP contribution in [-0.4, -0.2) is 7.85 Å². The van der Waals surface area contributed by atoms with Crippen LogP contribution in [0.5, 0.6) is 0 Å². The molecule has 1 saturated carbocycles. The van der Waals surface area contributed by atoms with Gasteiger partial charge >= 0.3 is 0 Å². The highest BCUT2D eigenvalue weighted by molar-refractivity contribution is 6.11. The lowest BCUT2D eigenvalue weighted by molar-refractivity contribution is 0.327. The van der Waals surface area contributed by atoms with E-state index in [9.17, 15) is 0 Å². The van der Waals surface area contributed by atoms with Gasteiger partial charge < -0.3 is 0 Å². The zero-order valence-electron chi connectivity index (χ0n) is 11.1. The van der Waals surface area contributed by atoms with E-state index in [1.54, 1.807) is 0 Å². The van der Waals surface area contributed by atoms with Crippen LogP contribution in [0.15, 0.2) is 0 Å². The van der Waals surface area contributed by atoms with Gasteiger partial charge in [0.05, 0.1) is 0 Å². The lowest BCUT2D eigenvalue weighted by Crippen LogP contribution is -2.14. The van der Waals surface area contributed by atoms with Crippen molar-refractivity contribution in [1.82, 2.24) is 0 Å². The van der Waals surface area contributed by atoms with Crippen LogP contribution in [0.1, 0.15) is 71.6 Å². The lowest BCUT2D eigenvalue weighted by Gasteiger charge is -2.28.